The van der Waals surface area contributed by atoms with E-state index < -0.39 is 5.54 Å². The van der Waals surface area contributed by atoms with Crippen LogP contribution in [0.15, 0.2) is 18.2 Å². The number of carbonyl (C=O) groups excluding carboxylic acids is 1. The van der Waals surface area contributed by atoms with Crippen LogP contribution in [0.1, 0.15) is 31.2 Å². The molecule has 1 aromatic rings. The van der Waals surface area contributed by atoms with Crippen molar-refractivity contribution in [1.29, 1.82) is 0 Å². The third-order valence-corrected chi connectivity index (χ3v) is 3.93. The number of aliphatic hydroxyl groups excluding tert-OH is 1. The van der Waals surface area contributed by atoms with Crippen molar-refractivity contribution in [3.8, 4) is 5.75 Å². The molecule has 0 saturated heterocycles. The van der Waals surface area contributed by atoms with Crippen LogP contribution in [0, 0.1) is 6.92 Å². The molecule has 0 radical (unpaired) electrons. The molecule has 1 saturated carbocycles. The van der Waals surface area contributed by atoms with Gasteiger partial charge >= 0.3 is 6.03 Å². The fourth-order valence-corrected chi connectivity index (χ4v) is 2.63. The highest BCUT2D eigenvalue weighted by Gasteiger charge is 2.34. The minimum absolute atomic E-state index is 0.0164. The molecule has 1 fully saturated rings. The van der Waals surface area contributed by atoms with Crippen molar-refractivity contribution >= 4 is 11.7 Å². The number of nitrogens with one attached hydrogen (secondary N) is 2. The number of anilines is 1. The lowest BCUT2D eigenvalue weighted by molar-refractivity contribution is 0.167. The number of hydrogen-bond acceptors (Lipinski definition) is 3. The van der Waals surface area contributed by atoms with Crippen molar-refractivity contribution in [2.45, 2.75) is 38.1 Å². The van der Waals surface area contributed by atoms with Crippen LogP contribution in [-0.4, -0.2) is 30.4 Å². The van der Waals surface area contributed by atoms with E-state index in [0.717, 1.165) is 31.2 Å². The smallest absolute Gasteiger partial charge is 0.319 e. The minimum atomic E-state index is -0.461. The molecule has 0 aliphatic heterocycles. The molecule has 1 aromatic carbocycles. The second-order valence-electron chi connectivity index (χ2n) is 5.41. The normalized spacial score (nSPS) is 16.8. The van der Waals surface area contributed by atoms with Crippen molar-refractivity contribution in [1.82, 2.24) is 5.32 Å². The fourth-order valence-electron chi connectivity index (χ4n) is 2.63. The first-order chi connectivity index (χ1) is 9.58. The van der Waals surface area contributed by atoms with Crippen LogP contribution in [0.2, 0.25) is 0 Å². The van der Waals surface area contributed by atoms with E-state index in [0.29, 0.717) is 11.4 Å². The SMILES string of the molecule is COc1ccc(C)c(NC(=O)NC2(CO)CCCC2)c1. The number of aryl methyl sites for hydroxylation is 1. The molecule has 20 heavy (non-hydrogen) atoms. The van der Waals surface area contributed by atoms with Crippen LogP contribution in [-0.2, 0) is 0 Å². The van der Waals surface area contributed by atoms with E-state index in [1.54, 1.807) is 13.2 Å². The molecular formula is C15H22N2O3. The van der Waals surface area contributed by atoms with Gasteiger partial charge in [-0.3, -0.25) is 0 Å². The van der Waals surface area contributed by atoms with Gasteiger partial charge in [-0.2, -0.15) is 0 Å². The number of aliphatic hydroxyl groups is 1. The van der Waals surface area contributed by atoms with Crippen LogP contribution in [0.25, 0.3) is 0 Å². The fraction of sp³-hybridized carbons (Fsp3) is 0.533. The van der Waals surface area contributed by atoms with Crippen LogP contribution in [0.5, 0.6) is 5.75 Å². The number of benzene rings is 1. The lowest BCUT2D eigenvalue weighted by Crippen LogP contribution is -2.50. The predicted octanol–water partition coefficient (Wildman–Crippen LogP) is 2.43. The summed E-state index contributed by atoms with van der Waals surface area (Å²) in [5.41, 5.74) is 1.22. The van der Waals surface area contributed by atoms with Gasteiger partial charge in [0.25, 0.3) is 0 Å². The zero-order valence-electron chi connectivity index (χ0n) is 12.0. The van der Waals surface area contributed by atoms with E-state index in [4.69, 9.17) is 4.74 Å². The van der Waals surface area contributed by atoms with Crippen molar-refractivity contribution < 1.29 is 14.6 Å². The largest absolute Gasteiger partial charge is 0.497 e. The van der Waals surface area contributed by atoms with Gasteiger partial charge in [0.2, 0.25) is 0 Å². The first kappa shape index (κ1) is 14.7. The Labute approximate surface area is 119 Å². The highest BCUT2D eigenvalue weighted by molar-refractivity contribution is 5.90. The molecule has 110 valence electrons. The molecule has 0 unspecified atom stereocenters. The average molecular weight is 278 g/mol. The van der Waals surface area contributed by atoms with Gasteiger partial charge in [-0.15, -0.1) is 0 Å². The number of methoxy groups -OCH3 is 1. The zero-order chi connectivity index (χ0) is 14.6. The summed E-state index contributed by atoms with van der Waals surface area (Å²) in [6, 6.07) is 5.25. The average Bonchev–Trinajstić information content (AvgIpc) is 2.90. The summed E-state index contributed by atoms with van der Waals surface area (Å²) < 4.78 is 5.15. The maximum Gasteiger partial charge on any atom is 0.319 e. The van der Waals surface area contributed by atoms with Gasteiger partial charge < -0.3 is 20.5 Å². The van der Waals surface area contributed by atoms with Gasteiger partial charge in [-0.1, -0.05) is 18.9 Å². The number of ether oxygens (including phenoxy) is 1. The minimum Gasteiger partial charge on any atom is -0.497 e. The Balaban J connectivity index is 2.04. The molecule has 0 spiro atoms. The van der Waals surface area contributed by atoms with Crippen LogP contribution < -0.4 is 15.4 Å². The molecular weight excluding hydrogens is 256 g/mol. The summed E-state index contributed by atoms with van der Waals surface area (Å²) in [7, 11) is 1.59. The highest BCUT2D eigenvalue weighted by Crippen LogP contribution is 2.29. The number of rotatable bonds is 4. The molecule has 0 heterocycles. The lowest BCUT2D eigenvalue weighted by atomic mass is 9.99. The summed E-state index contributed by atoms with van der Waals surface area (Å²) >= 11 is 0. The molecule has 5 nitrogen and oxygen atoms in total. The summed E-state index contributed by atoms with van der Waals surface area (Å²) in [6.45, 7) is 1.91. The first-order valence-electron chi connectivity index (χ1n) is 6.93. The third-order valence-electron chi connectivity index (χ3n) is 3.93. The Bertz CT molecular complexity index is 482. The Hall–Kier alpha value is -1.75. The monoisotopic (exact) mass is 278 g/mol. The van der Waals surface area contributed by atoms with Gasteiger partial charge in [-0.25, -0.2) is 4.79 Å². The van der Waals surface area contributed by atoms with Gasteiger partial charge in [-0.05, 0) is 31.4 Å². The summed E-state index contributed by atoms with van der Waals surface area (Å²) in [5.74, 6) is 0.698. The molecule has 0 atom stereocenters. The second-order valence-corrected chi connectivity index (χ2v) is 5.41. The second kappa shape index (κ2) is 6.13. The van der Waals surface area contributed by atoms with Crippen molar-refractivity contribution in [2.24, 2.45) is 0 Å². The Morgan fingerprint density at radius 2 is 2.10 bits per heavy atom. The molecule has 1 aliphatic rings. The maximum absolute atomic E-state index is 12.1. The maximum atomic E-state index is 12.1. The van der Waals surface area contributed by atoms with Crippen LogP contribution in [0.4, 0.5) is 10.5 Å². The van der Waals surface area contributed by atoms with E-state index in [1.807, 2.05) is 19.1 Å². The quantitative estimate of drug-likeness (QED) is 0.792. The highest BCUT2D eigenvalue weighted by atomic mass is 16.5. The summed E-state index contributed by atoms with van der Waals surface area (Å²) in [4.78, 5) is 12.1. The molecule has 0 bridgehead atoms. The predicted molar refractivity (Wildman–Crippen MR) is 78.2 cm³/mol. The molecule has 3 N–H and O–H groups in total. The standard InChI is InChI=1S/C15H22N2O3/c1-11-5-6-12(20-2)9-13(11)16-14(19)17-15(10-18)7-3-4-8-15/h5-6,9,18H,3-4,7-8,10H2,1-2H3,(H2,16,17,19). The van der Waals surface area contributed by atoms with Crippen LogP contribution >= 0.6 is 0 Å². The molecule has 1 aliphatic carbocycles. The number of hydrogen-bond donors (Lipinski definition) is 3. The van der Waals surface area contributed by atoms with Crippen molar-refractivity contribution in [3.05, 3.63) is 23.8 Å². The molecule has 2 rings (SSSR count). The number of carbonyl (C=O) groups is 1. The van der Waals surface area contributed by atoms with E-state index in [1.165, 1.54) is 0 Å². The van der Waals surface area contributed by atoms with Gasteiger partial charge in [0, 0.05) is 11.8 Å². The Kier molecular flexibility index (Phi) is 4.49. The Morgan fingerprint density at radius 1 is 1.40 bits per heavy atom. The van der Waals surface area contributed by atoms with E-state index in [9.17, 15) is 9.90 Å². The topological polar surface area (TPSA) is 70.6 Å². The van der Waals surface area contributed by atoms with Crippen molar-refractivity contribution in [3.63, 3.8) is 0 Å². The zero-order valence-corrected chi connectivity index (χ0v) is 12.0. The number of urea groups is 1. The van der Waals surface area contributed by atoms with Gasteiger partial charge in [0.05, 0.1) is 19.3 Å². The number of amides is 2. The summed E-state index contributed by atoms with van der Waals surface area (Å²) in [6.07, 6.45) is 3.74. The van der Waals surface area contributed by atoms with Gasteiger partial charge in [0.1, 0.15) is 5.75 Å². The molecule has 5 heteroatoms. The Morgan fingerprint density at radius 3 is 2.70 bits per heavy atom. The van der Waals surface area contributed by atoms with Gasteiger partial charge in [0.15, 0.2) is 0 Å². The van der Waals surface area contributed by atoms with E-state index >= 15 is 0 Å². The summed E-state index contributed by atoms with van der Waals surface area (Å²) in [5, 5.41) is 15.2. The molecule has 0 aromatic heterocycles. The van der Waals surface area contributed by atoms with E-state index in [2.05, 4.69) is 10.6 Å². The van der Waals surface area contributed by atoms with E-state index in [-0.39, 0.29) is 12.6 Å². The third kappa shape index (κ3) is 3.22. The van der Waals surface area contributed by atoms with Crippen molar-refractivity contribution in [2.75, 3.05) is 19.0 Å². The van der Waals surface area contributed by atoms with Crippen LogP contribution in [0.3, 0.4) is 0 Å². The lowest BCUT2D eigenvalue weighted by Gasteiger charge is -2.28. The first-order valence-corrected chi connectivity index (χ1v) is 6.93. The molecule has 2 amide bonds.